The Hall–Kier alpha value is -2.94. The summed E-state index contributed by atoms with van der Waals surface area (Å²) in [6.45, 7) is 9.48. The smallest absolute Gasteiger partial charge is 0.326 e. The number of ether oxygens (including phenoxy) is 4. The Morgan fingerprint density at radius 3 is 2.03 bits per heavy atom. The van der Waals surface area contributed by atoms with Gasteiger partial charge in [-0.25, -0.2) is 0 Å². The maximum absolute atomic E-state index is 12.5. The van der Waals surface area contributed by atoms with Crippen molar-refractivity contribution in [2.24, 2.45) is 17.6 Å². The molecule has 0 aliphatic heterocycles. The highest BCUT2D eigenvalue weighted by Gasteiger charge is 2.36. The third-order valence-corrected chi connectivity index (χ3v) is 5.26. The van der Waals surface area contributed by atoms with Gasteiger partial charge in [-0.15, -0.1) is 0 Å². The Labute approximate surface area is 214 Å². The van der Waals surface area contributed by atoms with Crippen LogP contribution in [0, 0.1) is 11.8 Å². The highest BCUT2D eigenvalue weighted by Crippen LogP contribution is 2.31. The van der Waals surface area contributed by atoms with Crippen LogP contribution in [0.15, 0.2) is 18.2 Å². The molecule has 0 fully saturated rings. The lowest BCUT2D eigenvalue weighted by atomic mass is 9.88. The second-order valence-electron chi connectivity index (χ2n) is 9.82. The lowest BCUT2D eigenvalue weighted by Gasteiger charge is -2.27. The Morgan fingerprint density at radius 2 is 1.50 bits per heavy atom. The molecule has 0 unspecified atom stereocenters. The maximum Gasteiger partial charge on any atom is 0.326 e. The summed E-state index contributed by atoms with van der Waals surface area (Å²) in [7, 11) is 1.23. The van der Waals surface area contributed by atoms with Crippen LogP contribution in [-0.2, 0) is 35.1 Å². The summed E-state index contributed by atoms with van der Waals surface area (Å²) in [5, 5.41) is 0. The van der Waals surface area contributed by atoms with Crippen LogP contribution in [0.4, 0.5) is 0 Å². The second-order valence-corrected chi connectivity index (χ2v) is 9.82. The van der Waals surface area contributed by atoms with Gasteiger partial charge in [0, 0.05) is 32.1 Å². The van der Waals surface area contributed by atoms with E-state index in [2.05, 4.69) is 0 Å². The largest absolute Gasteiger partial charge is 0.468 e. The van der Waals surface area contributed by atoms with E-state index in [9.17, 15) is 19.2 Å². The van der Waals surface area contributed by atoms with E-state index >= 15 is 0 Å². The van der Waals surface area contributed by atoms with Gasteiger partial charge in [-0.05, 0) is 36.0 Å². The molecule has 2 N–H and O–H groups in total. The quantitative estimate of drug-likeness (QED) is 0.275. The molecule has 0 amide bonds. The van der Waals surface area contributed by atoms with Crippen molar-refractivity contribution < 1.29 is 38.1 Å². The number of esters is 4. The molecule has 0 radical (unpaired) electrons. The zero-order valence-electron chi connectivity index (χ0n) is 22.4. The minimum atomic E-state index is -1.49. The monoisotopic (exact) mass is 507 g/mol. The van der Waals surface area contributed by atoms with E-state index in [4.69, 9.17) is 24.7 Å². The van der Waals surface area contributed by atoms with Crippen LogP contribution in [0.5, 0.6) is 11.5 Å². The van der Waals surface area contributed by atoms with Crippen LogP contribution in [0.25, 0.3) is 0 Å². The first-order valence-corrected chi connectivity index (χ1v) is 12.5. The molecule has 202 valence electrons. The van der Waals surface area contributed by atoms with Gasteiger partial charge >= 0.3 is 23.9 Å². The minimum absolute atomic E-state index is 0.0150. The number of hydrogen-bond acceptors (Lipinski definition) is 9. The van der Waals surface area contributed by atoms with Gasteiger partial charge in [0.05, 0.1) is 13.7 Å². The predicted octanol–water partition coefficient (Wildman–Crippen LogP) is 4.13. The van der Waals surface area contributed by atoms with Gasteiger partial charge in [-0.2, -0.15) is 0 Å². The number of unbranched alkanes of at least 4 members (excludes halogenated alkanes) is 1. The second kappa shape index (κ2) is 15.2. The van der Waals surface area contributed by atoms with Crippen molar-refractivity contribution in [3.05, 3.63) is 23.8 Å². The van der Waals surface area contributed by atoms with Crippen LogP contribution >= 0.6 is 0 Å². The summed E-state index contributed by atoms with van der Waals surface area (Å²) < 4.78 is 21.1. The fourth-order valence-electron chi connectivity index (χ4n) is 3.39. The van der Waals surface area contributed by atoms with Gasteiger partial charge in [-0.1, -0.05) is 47.1 Å². The molecule has 0 saturated carbocycles. The number of benzene rings is 1. The van der Waals surface area contributed by atoms with Crippen LogP contribution in [0.1, 0.15) is 78.7 Å². The van der Waals surface area contributed by atoms with Gasteiger partial charge in [0.2, 0.25) is 0 Å². The normalized spacial score (nSPS) is 12.7. The highest BCUT2D eigenvalue weighted by atomic mass is 16.6. The molecule has 0 aromatic heterocycles. The number of carbonyl (C=O) groups is 4. The van der Waals surface area contributed by atoms with Gasteiger partial charge in [-0.3, -0.25) is 19.2 Å². The average molecular weight is 508 g/mol. The first-order valence-electron chi connectivity index (χ1n) is 12.5. The number of rotatable bonds is 15. The summed E-state index contributed by atoms with van der Waals surface area (Å²) in [5.41, 5.74) is 5.46. The lowest BCUT2D eigenvalue weighted by molar-refractivity contribution is -0.151. The van der Waals surface area contributed by atoms with Crippen LogP contribution < -0.4 is 15.2 Å². The van der Waals surface area contributed by atoms with Crippen molar-refractivity contribution in [1.82, 2.24) is 0 Å². The van der Waals surface area contributed by atoms with Crippen molar-refractivity contribution in [3.8, 4) is 11.5 Å². The van der Waals surface area contributed by atoms with Crippen LogP contribution in [-0.4, -0.2) is 43.1 Å². The summed E-state index contributed by atoms with van der Waals surface area (Å²) >= 11 is 0. The molecule has 9 heteroatoms. The van der Waals surface area contributed by atoms with E-state index < -0.39 is 23.4 Å². The van der Waals surface area contributed by atoms with E-state index in [-0.39, 0.29) is 61.6 Å². The highest BCUT2D eigenvalue weighted by molar-refractivity contribution is 5.81. The number of methoxy groups -OCH3 is 1. The van der Waals surface area contributed by atoms with Gasteiger partial charge in [0.25, 0.3) is 0 Å². The number of carbonyl (C=O) groups excluding carboxylic acids is 4. The van der Waals surface area contributed by atoms with Gasteiger partial charge < -0.3 is 24.7 Å². The lowest BCUT2D eigenvalue weighted by Crippen LogP contribution is -2.51. The fourth-order valence-corrected chi connectivity index (χ4v) is 3.39. The molecule has 0 aliphatic carbocycles. The average Bonchev–Trinajstić information content (AvgIpc) is 2.77. The SMILES string of the molecule is CCCCC(=O)OCC[C@@](N)(Cc1ccc(OC(=O)CC(C)C)c(OC(=O)CC(C)C)c1)C(=O)OC. The summed E-state index contributed by atoms with van der Waals surface area (Å²) in [5.74, 6) is -1.61. The Morgan fingerprint density at radius 1 is 0.917 bits per heavy atom. The summed E-state index contributed by atoms with van der Waals surface area (Å²) in [4.78, 5) is 49.0. The molecule has 0 bridgehead atoms. The van der Waals surface area contributed by atoms with E-state index in [0.717, 1.165) is 12.8 Å². The Kier molecular flexibility index (Phi) is 13.2. The zero-order valence-corrected chi connectivity index (χ0v) is 22.4. The predicted molar refractivity (Wildman–Crippen MR) is 134 cm³/mol. The van der Waals surface area contributed by atoms with E-state index in [1.807, 2.05) is 34.6 Å². The van der Waals surface area contributed by atoms with Crippen molar-refractivity contribution in [1.29, 1.82) is 0 Å². The van der Waals surface area contributed by atoms with Crippen LogP contribution in [0.3, 0.4) is 0 Å². The zero-order chi connectivity index (χ0) is 27.3. The maximum atomic E-state index is 12.5. The van der Waals surface area contributed by atoms with Crippen LogP contribution in [0.2, 0.25) is 0 Å². The molecule has 0 aliphatic rings. The minimum Gasteiger partial charge on any atom is -0.468 e. The third-order valence-electron chi connectivity index (χ3n) is 5.26. The molecular weight excluding hydrogens is 466 g/mol. The molecule has 1 rings (SSSR count). The topological polar surface area (TPSA) is 131 Å². The van der Waals surface area contributed by atoms with Gasteiger partial charge in [0.15, 0.2) is 11.5 Å². The van der Waals surface area contributed by atoms with E-state index in [1.54, 1.807) is 6.07 Å². The number of nitrogens with two attached hydrogens (primary N) is 1. The van der Waals surface area contributed by atoms with Gasteiger partial charge in [0.1, 0.15) is 5.54 Å². The summed E-state index contributed by atoms with van der Waals surface area (Å²) in [6, 6.07) is 4.66. The first-order chi connectivity index (χ1) is 16.9. The Balaban J connectivity index is 3.14. The third kappa shape index (κ3) is 11.2. The summed E-state index contributed by atoms with van der Waals surface area (Å²) in [6.07, 6.45) is 2.31. The molecule has 0 saturated heterocycles. The van der Waals surface area contributed by atoms with Crippen molar-refractivity contribution in [2.75, 3.05) is 13.7 Å². The Bertz CT molecular complexity index is 896. The van der Waals surface area contributed by atoms with Crippen molar-refractivity contribution >= 4 is 23.9 Å². The number of hydrogen-bond donors (Lipinski definition) is 1. The molecule has 9 nitrogen and oxygen atoms in total. The fraction of sp³-hybridized carbons (Fsp3) is 0.630. The molecule has 0 spiro atoms. The van der Waals surface area contributed by atoms with E-state index in [0.29, 0.717) is 12.0 Å². The van der Waals surface area contributed by atoms with Crippen molar-refractivity contribution in [3.63, 3.8) is 0 Å². The molecule has 1 aromatic carbocycles. The molecular formula is C27H41NO8. The molecule has 36 heavy (non-hydrogen) atoms. The van der Waals surface area contributed by atoms with E-state index in [1.165, 1.54) is 19.2 Å². The molecule has 0 heterocycles. The standard InChI is InChI=1S/C27H41NO8/c1-7-8-9-23(29)34-13-12-27(28,26(32)33-6)17-20-10-11-21(35-24(30)14-18(2)3)22(16-20)36-25(31)15-19(4)5/h10-11,16,18-19H,7-9,12-15,17,28H2,1-6H3/t27-/m1/s1. The first kappa shape index (κ1) is 31.1. The van der Waals surface area contributed by atoms with Crippen molar-refractivity contribution in [2.45, 2.75) is 85.1 Å². The molecule has 1 aromatic rings. The molecule has 1 atom stereocenters.